The highest BCUT2D eigenvalue weighted by Gasteiger charge is 2.46. The van der Waals surface area contributed by atoms with E-state index in [-0.39, 0.29) is 5.92 Å². The van der Waals surface area contributed by atoms with Crippen molar-refractivity contribution in [2.24, 2.45) is 11.8 Å². The Morgan fingerprint density at radius 1 is 0.962 bits per heavy atom. The van der Waals surface area contributed by atoms with Crippen LogP contribution in [0.25, 0.3) is 0 Å². The maximum Gasteiger partial charge on any atom is 0.226 e. The maximum absolute atomic E-state index is 12.8. The van der Waals surface area contributed by atoms with Crippen molar-refractivity contribution in [1.82, 2.24) is 9.80 Å². The quantitative estimate of drug-likeness (QED) is 0.745. The second kappa shape index (κ2) is 7.71. The summed E-state index contributed by atoms with van der Waals surface area (Å²) in [5, 5.41) is 0. The molecular weight excluding hydrogens is 392 g/mol. The second-order valence-corrected chi connectivity index (χ2v) is 8.98. The smallest absolute Gasteiger partial charge is 0.226 e. The molecule has 3 fully saturated rings. The average Bonchev–Trinajstić information content (AvgIpc) is 3.25. The van der Waals surface area contributed by atoms with Crippen molar-refractivity contribution >= 4 is 27.7 Å². The highest BCUT2D eigenvalue weighted by Crippen LogP contribution is 2.49. The van der Waals surface area contributed by atoms with Gasteiger partial charge in [0.05, 0.1) is 0 Å². The Morgan fingerprint density at radius 2 is 1.62 bits per heavy atom. The molecule has 1 aromatic carbocycles. The molecule has 2 amide bonds. The van der Waals surface area contributed by atoms with E-state index in [1.807, 2.05) is 9.80 Å². The third-order valence-corrected chi connectivity index (χ3v) is 6.78. The third-order valence-electron chi connectivity index (χ3n) is 6.25. The minimum atomic E-state index is 0.166. The van der Waals surface area contributed by atoms with Gasteiger partial charge in [-0.3, -0.25) is 9.59 Å². The summed E-state index contributed by atoms with van der Waals surface area (Å²) in [5.41, 5.74) is 1.28. The van der Waals surface area contributed by atoms with Crippen LogP contribution in [0.1, 0.15) is 50.0 Å². The van der Waals surface area contributed by atoms with E-state index in [9.17, 15) is 9.59 Å². The van der Waals surface area contributed by atoms with Gasteiger partial charge in [0, 0.05) is 43.0 Å². The molecule has 3 aliphatic rings. The number of benzene rings is 1. The zero-order chi connectivity index (χ0) is 18.1. The van der Waals surface area contributed by atoms with Crippen molar-refractivity contribution in [3.63, 3.8) is 0 Å². The van der Waals surface area contributed by atoms with Crippen molar-refractivity contribution in [1.29, 1.82) is 0 Å². The van der Waals surface area contributed by atoms with Crippen LogP contribution in [0.15, 0.2) is 28.7 Å². The minimum absolute atomic E-state index is 0.166. The Kier molecular flexibility index (Phi) is 5.35. The first-order chi connectivity index (χ1) is 12.6. The number of hydrogen-bond acceptors (Lipinski definition) is 2. The summed E-state index contributed by atoms with van der Waals surface area (Å²) in [6.07, 6.45) is 5.90. The number of halogens is 1. The lowest BCUT2D eigenvalue weighted by Gasteiger charge is -2.32. The molecule has 0 radical (unpaired) electrons. The van der Waals surface area contributed by atoms with Crippen molar-refractivity contribution in [2.45, 2.75) is 44.4 Å². The van der Waals surface area contributed by atoms with Crippen LogP contribution < -0.4 is 0 Å². The fourth-order valence-electron chi connectivity index (χ4n) is 4.48. The van der Waals surface area contributed by atoms with Crippen molar-refractivity contribution in [3.05, 3.63) is 34.3 Å². The molecule has 2 atom stereocenters. The molecule has 140 valence electrons. The number of rotatable bonds is 4. The zero-order valence-corrected chi connectivity index (χ0v) is 16.8. The van der Waals surface area contributed by atoms with E-state index in [1.54, 1.807) is 0 Å². The van der Waals surface area contributed by atoms with Gasteiger partial charge in [-0.05, 0) is 61.6 Å². The Morgan fingerprint density at radius 3 is 2.27 bits per heavy atom. The molecule has 0 N–H and O–H groups in total. The first-order valence-electron chi connectivity index (χ1n) is 9.94. The topological polar surface area (TPSA) is 40.6 Å². The molecule has 4 rings (SSSR count). The van der Waals surface area contributed by atoms with Gasteiger partial charge in [0.1, 0.15) is 0 Å². The van der Waals surface area contributed by atoms with Crippen LogP contribution in [0.3, 0.4) is 0 Å². The number of carbonyl (C=O) groups is 2. The molecule has 2 aliphatic heterocycles. The monoisotopic (exact) mass is 418 g/mol. The van der Waals surface area contributed by atoms with Crippen LogP contribution in [0.5, 0.6) is 0 Å². The lowest BCUT2D eigenvalue weighted by atomic mass is 9.92. The van der Waals surface area contributed by atoms with Gasteiger partial charge in [0.15, 0.2) is 0 Å². The van der Waals surface area contributed by atoms with Gasteiger partial charge in [0.25, 0.3) is 0 Å². The fourth-order valence-corrected chi connectivity index (χ4v) is 4.75. The van der Waals surface area contributed by atoms with E-state index in [0.717, 1.165) is 62.8 Å². The molecule has 2 heterocycles. The second-order valence-electron chi connectivity index (χ2n) is 8.06. The average molecular weight is 419 g/mol. The molecule has 1 aliphatic carbocycles. The third kappa shape index (κ3) is 3.98. The summed E-state index contributed by atoms with van der Waals surface area (Å²) in [6.45, 7) is 3.52. The number of likely N-dealkylation sites (tertiary alicyclic amines) is 2. The number of amides is 2. The van der Waals surface area contributed by atoms with Gasteiger partial charge in [-0.2, -0.15) is 0 Å². The fraction of sp³-hybridized carbons (Fsp3) is 0.619. The summed E-state index contributed by atoms with van der Waals surface area (Å²) >= 11 is 3.46. The van der Waals surface area contributed by atoms with Crippen LogP contribution in [-0.2, 0) is 9.59 Å². The van der Waals surface area contributed by atoms with Crippen LogP contribution in [-0.4, -0.2) is 47.8 Å². The molecule has 2 saturated heterocycles. The lowest BCUT2D eigenvalue weighted by Crippen LogP contribution is -2.40. The summed E-state index contributed by atoms with van der Waals surface area (Å²) < 4.78 is 1.08. The summed E-state index contributed by atoms with van der Waals surface area (Å²) in [6, 6.07) is 8.35. The van der Waals surface area contributed by atoms with Crippen molar-refractivity contribution < 1.29 is 9.59 Å². The van der Waals surface area contributed by atoms with E-state index < -0.39 is 0 Å². The SMILES string of the molecule is O=C(CC1CCN(C(=O)C2CC2c2ccc(Br)cc2)CC1)N1CCCC1. The van der Waals surface area contributed by atoms with E-state index in [0.29, 0.717) is 30.1 Å². The molecule has 0 spiro atoms. The first kappa shape index (κ1) is 18.0. The predicted octanol–water partition coefficient (Wildman–Crippen LogP) is 3.80. The largest absolute Gasteiger partial charge is 0.343 e. The van der Waals surface area contributed by atoms with Gasteiger partial charge in [-0.15, -0.1) is 0 Å². The Hall–Kier alpha value is -1.36. The maximum atomic E-state index is 12.8. The summed E-state index contributed by atoms with van der Waals surface area (Å²) in [7, 11) is 0. The molecule has 0 aromatic heterocycles. The van der Waals surface area contributed by atoms with Crippen LogP contribution in [0, 0.1) is 11.8 Å². The molecule has 5 heteroatoms. The van der Waals surface area contributed by atoms with Gasteiger partial charge in [0.2, 0.25) is 11.8 Å². The van der Waals surface area contributed by atoms with E-state index in [2.05, 4.69) is 40.2 Å². The zero-order valence-electron chi connectivity index (χ0n) is 15.2. The minimum Gasteiger partial charge on any atom is -0.343 e. The molecular formula is C21H27BrN2O2. The molecule has 4 nitrogen and oxygen atoms in total. The standard InChI is InChI=1S/C21H27BrN2O2/c22-17-5-3-16(4-6-17)18-14-19(18)21(26)24-11-7-15(8-12-24)13-20(25)23-9-1-2-10-23/h3-6,15,18-19H,1-2,7-14H2. The molecule has 0 bridgehead atoms. The highest BCUT2D eigenvalue weighted by atomic mass is 79.9. The lowest BCUT2D eigenvalue weighted by molar-refractivity contribution is -0.134. The van der Waals surface area contributed by atoms with Gasteiger partial charge >= 0.3 is 0 Å². The van der Waals surface area contributed by atoms with E-state index >= 15 is 0 Å². The summed E-state index contributed by atoms with van der Waals surface area (Å²) in [5.74, 6) is 1.66. The Labute approximate surface area is 164 Å². The number of carbonyl (C=O) groups excluding carboxylic acids is 2. The molecule has 1 saturated carbocycles. The molecule has 2 unspecified atom stereocenters. The van der Waals surface area contributed by atoms with Crippen molar-refractivity contribution in [2.75, 3.05) is 26.2 Å². The predicted molar refractivity (Wildman–Crippen MR) is 105 cm³/mol. The molecule has 26 heavy (non-hydrogen) atoms. The first-order valence-corrected chi connectivity index (χ1v) is 10.7. The number of hydrogen-bond donors (Lipinski definition) is 0. The molecule has 1 aromatic rings. The van der Waals surface area contributed by atoms with E-state index in [4.69, 9.17) is 0 Å². The highest BCUT2D eigenvalue weighted by molar-refractivity contribution is 9.10. The Balaban J connectivity index is 1.24. The summed E-state index contributed by atoms with van der Waals surface area (Å²) in [4.78, 5) is 29.2. The van der Waals surface area contributed by atoms with Crippen LogP contribution in [0.2, 0.25) is 0 Å². The van der Waals surface area contributed by atoms with Crippen LogP contribution in [0.4, 0.5) is 0 Å². The normalized spacial score (nSPS) is 26.2. The Bertz CT molecular complexity index is 661. The van der Waals surface area contributed by atoms with Crippen molar-refractivity contribution in [3.8, 4) is 0 Å². The van der Waals surface area contributed by atoms with Gasteiger partial charge in [-0.25, -0.2) is 0 Å². The number of nitrogens with zero attached hydrogens (tertiary/aromatic N) is 2. The van der Waals surface area contributed by atoms with Crippen LogP contribution >= 0.6 is 15.9 Å². The van der Waals surface area contributed by atoms with Gasteiger partial charge < -0.3 is 9.80 Å². The number of piperidine rings is 1. The van der Waals surface area contributed by atoms with E-state index in [1.165, 1.54) is 5.56 Å². The van der Waals surface area contributed by atoms with Gasteiger partial charge in [-0.1, -0.05) is 28.1 Å².